The molecule has 0 radical (unpaired) electrons. The Balaban J connectivity index is 1.57. The van der Waals surface area contributed by atoms with E-state index in [1.54, 1.807) is 15.8 Å². The summed E-state index contributed by atoms with van der Waals surface area (Å²) in [5.74, 6) is 0.416. The third-order valence-corrected chi connectivity index (χ3v) is 5.56. The van der Waals surface area contributed by atoms with Gasteiger partial charge in [0.2, 0.25) is 5.91 Å². The Morgan fingerprint density at radius 1 is 1.24 bits per heavy atom. The highest BCUT2D eigenvalue weighted by Crippen LogP contribution is 2.19. The highest BCUT2D eigenvalue weighted by molar-refractivity contribution is 5.91. The van der Waals surface area contributed by atoms with Gasteiger partial charge >= 0.3 is 0 Å². The van der Waals surface area contributed by atoms with E-state index in [2.05, 4.69) is 16.4 Å². The van der Waals surface area contributed by atoms with Crippen molar-refractivity contribution in [2.75, 3.05) is 26.2 Å². The monoisotopic (exact) mass is 397 g/mol. The minimum Gasteiger partial charge on any atom is -0.342 e. The number of hydrogen-bond donors (Lipinski definition) is 0. The number of piperidine rings is 1. The number of benzene rings is 1. The number of nitrogens with zero attached hydrogens (tertiary/aromatic N) is 5. The molecule has 1 aromatic heterocycles. The second-order valence-electron chi connectivity index (χ2n) is 7.82. The van der Waals surface area contributed by atoms with Gasteiger partial charge in [-0.2, -0.15) is 0 Å². The van der Waals surface area contributed by atoms with Crippen LogP contribution >= 0.6 is 0 Å². The molecule has 2 heterocycles. The lowest BCUT2D eigenvalue weighted by Crippen LogP contribution is -2.41. The molecule has 1 aliphatic heterocycles. The summed E-state index contributed by atoms with van der Waals surface area (Å²) in [5, 5.41) is 8.20. The van der Waals surface area contributed by atoms with Crippen molar-refractivity contribution in [3.63, 3.8) is 0 Å². The number of carbonyl (C=O) groups excluding carboxylic acids is 2. The lowest BCUT2D eigenvalue weighted by atomic mass is 9.97. The van der Waals surface area contributed by atoms with Crippen LogP contribution in [-0.2, 0) is 17.8 Å². The molecule has 2 amide bonds. The Bertz CT molecular complexity index is 843. The number of carbonyl (C=O) groups is 2. The van der Waals surface area contributed by atoms with Gasteiger partial charge in [0.25, 0.3) is 5.91 Å². The van der Waals surface area contributed by atoms with Crippen molar-refractivity contribution in [2.24, 2.45) is 5.92 Å². The second kappa shape index (κ2) is 9.67. The van der Waals surface area contributed by atoms with Crippen LogP contribution < -0.4 is 0 Å². The predicted molar refractivity (Wildman–Crippen MR) is 111 cm³/mol. The lowest BCUT2D eigenvalue weighted by molar-refractivity contribution is -0.132. The molecule has 1 saturated heterocycles. The number of hydrogen-bond acceptors (Lipinski definition) is 4. The minimum absolute atomic E-state index is 0.0835. The Morgan fingerprint density at radius 3 is 2.76 bits per heavy atom. The molecule has 7 nitrogen and oxygen atoms in total. The van der Waals surface area contributed by atoms with Crippen LogP contribution in [0.3, 0.4) is 0 Å². The van der Waals surface area contributed by atoms with Crippen molar-refractivity contribution in [2.45, 2.75) is 46.6 Å². The topological polar surface area (TPSA) is 71.3 Å². The SMILES string of the molecule is CCN(CC)C(=O)c1cn(C[C@H]2CCCN(C(=O)Cc3cccc(C)c3)C2)nn1. The van der Waals surface area contributed by atoms with E-state index in [1.165, 1.54) is 5.56 Å². The van der Waals surface area contributed by atoms with E-state index in [9.17, 15) is 9.59 Å². The molecule has 2 aromatic rings. The Kier molecular flexibility index (Phi) is 7.01. The van der Waals surface area contributed by atoms with E-state index < -0.39 is 0 Å². The molecule has 0 spiro atoms. The zero-order chi connectivity index (χ0) is 20.8. The number of amides is 2. The fourth-order valence-corrected chi connectivity index (χ4v) is 3.97. The first-order valence-electron chi connectivity index (χ1n) is 10.5. The van der Waals surface area contributed by atoms with Gasteiger partial charge in [0, 0.05) is 32.7 Å². The Hall–Kier alpha value is -2.70. The van der Waals surface area contributed by atoms with Crippen LogP contribution in [0.5, 0.6) is 0 Å². The maximum Gasteiger partial charge on any atom is 0.276 e. The molecule has 7 heteroatoms. The molecule has 0 unspecified atom stereocenters. The molecule has 1 fully saturated rings. The molecule has 3 rings (SSSR count). The fourth-order valence-electron chi connectivity index (χ4n) is 3.97. The summed E-state index contributed by atoms with van der Waals surface area (Å²) in [4.78, 5) is 28.9. The number of rotatable bonds is 7. The van der Waals surface area contributed by atoms with Gasteiger partial charge in [-0.15, -0.1) is 5.10 Å². The average Bonchev–Trinajstić information content (AvgIpc) is 3.17. The predicted octanol–water partition coefficient (Wildman–Crippen LogP) is 2.55. The van der Waals surface area contributed by atoms with Gasteiger partial charge in [-0.25, -0.2) is 0 Å². The smallest absolute Gasteiger partial charge is 0.276 e. The van der Waals surface area contributed by atoms with Gasteiger partial charge in [-0.3, -0.25) is 14.3 Å². The molecule has 1 atom stereocenters. The maximum absolute atomic E-state index is 12.8. The summed E-state index contributed by atoms with van der Waals surface area (Å²) < 4.78 is 1.75. The largest absolute Gasteiger partial charge is 0.342 e. The van der Waals surface area contributed by atoms with Crippen LogP contribution in [0, 0.1) is 12.8 Å². The molecular weight excluding hydrogens is 366 g/mol. The molecule has 0 bridgehead atoms. The van der Waals surface area contributed by atoms with Gasteiger partial charge in [-0.05, 0) is 45.1 Å². The van der Waals surface area contributed by atoms with Crippen LogP contribution in [0.15, 0.2) is 30.5 Å². The molecule has 29 heavy (non-hydrogen) atoms. The molecule has 156 valence electrons. The van der Waals surface area contributed by atoms with E-state index in [0.717, 1.165) is 31.5 Å². The molecule has 0 aliphatic carbocycles. The quantitative estimate of drug-likeness (QED) is 0.720. The fraction of sp³-hybridized carbons (Fsp3) is 0.545. The number of likely N-dealkylation sites (tertiary alicyclic amines) is 1. The van der Waals surface area contributed by atoms with Crippen LogP contribution in [0.4, 0.5) is 0 Å². The van der Waals surface area contributed by atoms with Crippen molar-refractivity contribution in [3.8, 4) is 0 Å². The van der Waals surface area contributed by atoms with Crippen molar-refractivity contribution >= 4 is 11.8 Å². The summed E-state index contributed by atoms with van der Waals surface area (Å²) in [7, 11) is 0. The van der Waals surface area contributed by atoms with Crippen molar-refractivity contribution in [1.29, 1.82) is 0 Å². The lowest BCUT2D eigenvalue weighted by Gasteiger charge is -2.32. The van der Waals surface area contributed by atoms with Crippen LogP contribution in [-0.4, -0.2) is 62.8 Å². The molecule has 1 aliphatic rings. The third kappa shape index (κ3) is 5.43. The van der Waals surface area contributed by atoms with Crippen molar-refractivity contribution < 1.29 is 9.59 Å². The summed E-state index contributed by atoms with van der Waals surface area (Å²) in [5.41, 5.74) is 2.62. The maximum atomic E-state index is 12.8. The number of aromatic nitrogens is 3. The van der Waals surface area contributed by atoms with Crippen molar-refractivity contribution in [1.82, 2.24) is 24.8 Å². The average molecular weight is 398 g/mol. The van der Waals surface area contributed by atoms with E-state index in [-0.39, 0.29) is 11.8 Å². The van der Waals surface area contributed by atoms with Gasteiger partial charge in [-0.1, -0.05) is 35.0 Å². The van der Waals surface area contributed by atoms with Crippen LogP contribution in [0.2, 0.25) is 0 Å². The normalized spacial score (nSPS) is 16.7. The van der Waals surface area contributed by atoms with E-state index >= 15 is 0 Å². The van der Waals surface area contributed by atoms with Gasteiger partial charge in [0.15, 0.2) is 5.69 Å². The van der Waals surface area contributed by atoms with E-state index in [1.807, 2.05) is 43.9 Å². The first kappa shape index (κ1) is 21.0. The molecule has 0 saturated carbocycles. The Labute approximate surface area is 172 Å². The Morgan fingerprint density at radius 2 is 2.03 bits per heavy atom. The zero-order valence-electron chi connectivity index (χ0n) is 17.7. The van der Waals surface area contributed by atoms with Crippen molar-refractivity contribution in [3.05, 3.63) is 47.3 Å². The molecule has 1 aromatic carbocycles. The standard InChI is InChI=1S/C22H31N5O2/c1-4-25(5-2)22(29)20-16-27(24-23-20)15-19-10-7-11-26(14-19)21(28)13-18-9-6-8-17(3)12-18/h6,8-9,12,16,19H,4-5,7,10-11,13-15H2,1-3H3/t19-/m0/s1. The molecular formula is C22H31N5O2. The summed E-state index contributed by atoms with van der Waals surface area (Å²) in [6.45, 7) is 9.47. The highest BCUT2D eigenvalue weighted by Gasteiger charge is 2.25. The van der Waals surface area contributed by atoms with Crippen LogP contribution in [0.1, 0.15) is 48.3 Å². The zero-order valence-corrected chi connectivity index (χ0v) is 17.7. The first-order valence-corrected chi connectivity index (χ1v) is 10.5. The highest BCUT2D eigenvalue weighted by atomic mass is 16.2. The van der Waals surface area contributed by atoms with E-state index in [4.69, 9.17) is 0 Å². The summed E-state index contributed by atoms with van der Waals surface area (Å²) in [6, 6.07) is 8.13. The minimum atomic E-state index is -0.0835. The first-order chi connectivity index (χ1) is 14.0. The van der Waals surface area contributed by atoms with Gasteiger partial charge in [0.05, 0.1) is 12.6 Å². The number of aryl methyl sites for hydroxylation is 1. The molecule has 0 N–H and O–H groups in total. The van der Waals surface area contributed by atoms with Crippen LogP contribution in [0.25, 0.3) is 0 Å². The van der Waals surface area contributed by atoms with Gasteiger partial charge in [0.1, 0.15) is 0 Å². The summed E-state index contributed by atoms with van der Waals surface area (Å²) >= 11 is 0. The third-order valence-electron chi connectivity index (χ3n) is 5.56. The van der Waals surface area contributed by atoms with E-state index in [0.29, 0.717) is 37.7 Å². The second-order valence-corrected chi connectivity index (χ2v) is 7.82. The van der Waals surface area contributed by atoms with Gasteiger partial charge < -0.3 is 9.80 Å². The summed E-state index contributed by atoms with van der Waals surface area (Å²) in [6.07, 6.45) is 4.21.